The Labute approximate surface area is 166 Å². The lowest BCUT2D eigenvalue weighted by Crippen LogP contribution is -2.23. The van der Waals surface area contributed by atoms with Gasteiger partial charge in [0.25, 0.3) is 5.91 Å². The van der Waals surface area contributed by atoms with E-state index in [1.807, 2.05) is 80.1 Å². The van der Waals surface area contributed by atoms with Crippen molar-refractivity contribution in [2.75, 3.05) is 0 Å². The maximum Gasteiger partial charge on any atom is 0.255 e. The lowest BCUT2D eigenvalue weighted by atomic mass is 10.1. The summed E-state index contributed by atoms with van der Waals surface area (Å²) in [6.07, 6.45) is 2.58. The lowest BCUT2D eigenvalue weighted by molar-refractivity contribution is 0.0657. The average molecular weight is 377 g/mol. The minimum Gasteiger partial charge on any atom is -0.374 e. The second kappa shape index (κ2) is 9.33. The molecule has 1 aromatic heterocycles. The molecule has 146 valence electrons. The summed E-state index contributed by atoms with van der Waals surface area (Å²) in [4.78, 5) is 12.7. The SMILES string of the molecule is CCc1c(C(=O)NCc2ccc(COC(C)C)cc2)cnn1-c1ccccc1. The first-order valence-electron chi connectivity index (χ1n) is 9.68. The minimum absolute atomic E-state index is 0.105. The Morgan fingerprint density at radius 2 is 1.75 bits per heavy atom. The molecule has 0 unspecified atom stereocenters. The van der Waals surface area contributed by atoms with Gasteiger partial charge >= 0.3 is 0 Å². The molecule has 1 heterocycles. The number of nitrogens with zero attached hydrogens (tertiary/aromatic N) is 2. The molecule has 28 heavy (non-hydrogen) atoms. The van der Waals surface area contributed by atoms with Crippen LogP contribution in [0.25, 0.3) is 5.69 Å². The topological polar surface area (TPSA) is 56.1 Å². The van der Waals surface area contributed by atoms with Crippen LogP contribution in [0.2, 0.25) is 0 Å². The Morgan fingerprint density at radius 1 is 1.07 bits per heavy atom. The number of carbonyl (C=O) groups is 1. The van der Waals surface area contributed by atoms with Gasteiger partial charge in [0, 0.05) is 6.54 Å². The summed E-state index contributed by atoms with van der Waals surface area (Å²) < 4.78 is 7.44. The maximum absolute atomic E-state index is 12.7. The van der Waals surface area contributed by atoms with Crippen LogP contribution in [0.1, 0.15) is 48.0 Å². The number of para-hydroxylation sites is 1. The summed E-state index contributed by atoms with van der Waals surface area (Å²) in [5.74, 6) is -0.105. The molecule has 0 aliphatic carbocycles. The summed E-state index contributed by atoms with van der Waals surface area (Å²) >= 11 is 0. The Bertz CT molecular complexity index is 899. The molecule has 0 aliphatic heterocycles. The van der Waals surface area contributed by atoms with Gasteiger partial charge in [-0.1, -0.05) is 49.4 Å². The number of amides is 1. The number of rotatable bonds is 8. The molecule has 0 saturated carbocycles. The van der Waals surface area contributed by atoms with Crippen molar-refractivity contribution in [3.8, 4) is 5.69 Å². The Morgan fingerprint density at radius 3 is 2.39 bits per heavy atom. The predicted octanol–water partition coefficient (Wildman–Crippen LogP) is 4.29. The van der Waals surface area contributed by atoms with Gasteiger partial charge in [-0.3, -0.25) is 4.79 Å². The van der Waals surface area contributed by atoms with Crippen molar-refractivity contribution in [2.45, 2.75) is 46.4 Å². The number of carbonyl (C=O) groups excluding carboxylic acids is 1. The van der Waals surface area contributed by atoms with Gasteiger partial charge < -0.3 is 10.1 Å². The third-order valence-electron chi connectivity index (χ3n) is 4.51. The molecule has 0 fully saturated rings. The van der Waals surface area contributed by atoms with Crippen LogP contribution >= 0.6 is 0 Å². The van der Waals surface area contributed by atoms with Crippen molar-refractivity contribution in [1.82, 2.24) is 15.1 Å². The summed E-state index contributed by atoms with van der Waals surface area (Å²) in [7, 11) is 0. The van der Waals surface area contributed by atoms with E-state index >= 15 is 0 Å². The predicted molar refractivity (Wildman–Crippen MR) is 110 cm³/mol. The number of benzene rings is 2. The van der Waals surface area contributed by atoms with Crippen LogP contribution < -0.4 is 5.32 Å². The number of aromatic nitrogens is 2. The highest BCUT2D eigenvalue weighted by molar-refractivity contribution is 5.95. The van der Waals surface area contributed by atoms with E-state index in [0.29, 0.717) is 18.7 Å². The molecule has 0 bridgehead atoms. The monoisotopic (exact) mass is 377 g/mol. The van der Waals surface area contributed by atoms with Gasteiger partial charge in [0.1, 0.15) is 0 Å². The number of hydrogen-bond acceptors (Lipinski definition) is 3. The highest BCUT2D eigenvalue weighted by Gasteiger charge is 2.16. The Balaban J connectivity index is 1.64. The van der Waals surface area contributed by atoms with Crippen molar-refractivity contribution in [3.05, 3.63) is 83.2 Å². The molecule has 0 atom stereocenters. The van der Waals surface area contributed by atoms with Crippen molar-refractivity contribution < 1.29 is 9.53 Å². The number of hydrogen-bond donors (Lipinski definition) is 1. The van der Waals surface area contributed by atoms with E-state index in [4.69, 9.17) is 4.74 Å². The summed E-state index contributed by atoms with van der Waals surface area (Å²) in [6, 6.07) is 18.0. The average Bonchev–Trinajstić information content (AvgIpc) is 3.16. The van der Waals surface area contributed by atoms with Crippen LogP contribution in [-0.2, 0) is 24.3 Å². The van der Waals surface area contributed by atoms with Gasteiger partial charge in [0.05, 0.1) is 35.9 Å². The van der Waals surface area contributed by atoms with E-state index in [0.717, 1.165) is 28.9 Å². The van der Waals surface area contributed by atoms with Crippen molar-refractivity contribution in [2.24, 2.45) is 0 Å². The third-order valence-corrected chi connectivity index (χ3v) is 4.51. The van der Waals surface area contributed by atoms with Crippen molar-refractivity contribution >= 4 is 5.91 Å². The Hall–Kier alpha value is -2.92. The van der Waals surface area contributed by atoms with E-state index in [9.17, 15) is 4.79 Å². The second-order valence-electron chi connectivity index (χ2n) is 6.96. The normalized spacial score (nSPS) is 11.0. The van der Waals surface area contributed by atoms with Crippen molar-refractivity contribution in [3.63, 3.8) is 0 Å². The quantitative estimate of drug-likeness (QED) is 0.637. The molecule has 0 radical (unpaired) electrons. The molecule has 1 N–H and O–H groups in total. The van der Waals surface area contributed by atoms with Gasteiger partial charge in [0.15, 0.2) is 0 Å². The fourth-order valence-corrected chi connectivity index (χ4v) is 2.99. The Kier molecular flexibility index (Phi) is 6.61. The van der Waals surface area contributed by atoms with Gasteiger partial charge in [0.2, 0.25) is 0 Å². The van der Waals surface area contributed by atoms with Crippen LogP contribution in [0.15, 0.2) is 60.8 Å². The first-order chi connectivity index (χ1) is 13.6. The fraction of sp³-hybridized carbons (Fsp3) is 0.304. The van der Waals surface area contributed by atoms with E-state index in [2.05, 4.69) is 10.4 Å². The number of ether oxygens (including phenoxy) is 1. The second-order valence-corrected chi connectivity index (χ2v) is 6.96. The molecule has 1 amide bonds. The largest absolute Gasteiger partial charge is 0.374 e. The lowest BCUT2D eigenvalue weighted by Gasteiger charge is -2.10. The molecule has 5 heteroatoms. The maximum atomic E-state index is 12.7. The molecule has 3 rings (SSSR count). The highest BCUT2D eigenvalue weighted by atomic mass is 16.5. The minimum atomic E-state index is -0.105. The van der Waals surface area contributed by atoms with Gasteiger partial charge in [-0.2, -0.15) is 5.10 Å². The first kappa shape index (κ1) is 19.8. The summed E-state index contributed by atoms with van der Waals surface area (Å²) in [6.45, 7) is 7.15. The van der Waals surface area contributed by atoms with E-state index in [1.165, 1.54) is 0 Å². The molecule has 2 aromatic carbocycles. The highest BCUT2D eigenvalue weighted by Crippen LogP contribution is 2.16. The molecular weight excluding hydrogens is 350 g/mol. The summed E-state index contributed by atoms with van der Waals surface area (Å²) in [5.41, 5.74) is 4.66. The van der Waals surface area contributed by atoms with E-state index in [1.54, 1.807) is 6.20 Å². The zero-order chi connectivity index (χ0) is 19.9. The smallest absolute Gasteiger partial charge is 0.255 e. The molecular formula is C23H27N3O2. The van der Waals surface area contributed by atoms with Crippen LogP contribution in [0.3, 0.4) is 0 Å². The number of nitrogens with one attached hydrogen (secondary N) is 1. The van der Waals surface area contributed by atoms with Gasteiger partial charge in [-0.15, -0.1) is 0 Å². The van der Waals surface area contributed by atoms with Crippen LogP contribution in [0, 0.1) is 0 Å². The summed E-state index contributed by atoms with van der Waals surface area (Å²) in [5, 5.41) is 7.42. The molecule has 0 aliphatic rings. The first-order valence-corrected chi connectivity index (χ1v) is 9.68. The standard InChI is InChI=1S/C23H27N3O2/c1-4-22-21(15-25-26(22)20-8-6-5-7-9-20)23(27)24-14-18-10-12-19(13-11-18)16-28-17(2)3/h5-13,15,17H,4,14,16H2,1-3H3,(H,24,27). The zero-order valence-corrected chi connectivity index (χ0v) is 16.7. The van der Waals surface area contributed by atoms with Crippen LogP contribution in [-0.4, -0.2) is 21.8 Å². The zero-order valence-electron chi connectivity index (χ0n) is 16.7. The molecule has 3 aromatic rings. The van der Waals surface area contributed by atoms with Crippen molar-refractivity contribution in [1.29, 1.82) is 0 Å². The third kappa shape index (κ3) is 4.87. The molecule has 0 saturated heterocycles. The van der Waals surface area contributed by atoms with E-state index in [-0.39, 0.29) is 12.0 Å². The van der Waals surface area contributed by atoms with E-state index < -0.39 is 0 Å². The molecule has 5 nitrogen and oxygen atoms in total. The van der Waals surface area contributed by atoms with Crippen LogP contribution in [0.5, 0.6) is 0 Å². The fourth-order valence-electron chi connectivity index (χ4n) is 2.99. The van der Waals surface area contributed by atoms with Crippen LogP contribution in [0.4, 0.5) is 0 Å². The van der Waals surface area contributed by atoms with Gasteiger partial charge in [-0.05, 0) is 43.5 Å². The molecule has 0 spiro atoms. The van der Waals surface area contributed by atoms with Gasteiger partial charge in [-0.25, -0.2) is 4.68 Å².